The van der Waals surface area contributed by atoms with Gasteiger partial charge in [-0.2, -0.15) is 0 Å². The Morgan fingerprint density at radius 2 is 1.06 bits per heavy atom. The van der Waals surface area contributed by atoms with Gasteiger partial charge in [0.25, 0.3) is 0 Å². The topological polar surface area (TPSA) is 27.0 Å². The third kappa shape index (κ3) is 3.37. The van der Waals surface area contributed by atoms with Gasteiger partial charge in [-0.1, -0.05) is 91.0 Å². The molecule has 0 saturated carbocycles. The van der Waals surface area contributed by atoms with Crippen LogP contribution in [0.4, 0.5) is 0 Å². The normalized spacial score (nSPS) is 11.2. The average Bonchev–Trinajstić information content (AvgIpc) is 2.88. The number of aromatic amines is 1. The molecule has 156 valence electrons. The molecule has 0 amide bonds. The lowest BCUT2D eigenvalue weighted by Crippen LogP contribution is -2.09. The van der Waals surface area contributed by atoms with E-state index in [4.69, 9.17) is 4.98 Å². The number of nitrogens with one attached hydrogen (secondary N) is 1. The van der Waals surface area contributed by atoms with Crippen LogP contribution >= 0.6 is 0 Å². The standard InChI is InChI=1S/C31H22N2/c1-21-18-19-32-31(33-21)24-16-17-27-28(20-24)30(23-12-6-3-7-13-23)26-15-9-8-14-25(26)29(27)22-10-4-2-5-11-22/h2-20H,1H3/p+1. The summed E-state index contributed by atoms with van der Waals surface area (Å²) in [5.74, 6) is 0.880. The van der Waals surface area contributed by atoms with Crippen molar-refractivity contribution in [3.63, 3.8) is 0 Å². The number of hydrogen-bond donors (Lipinski definition) is 0. The summed E-state index contributed by atoms with van der Waals surface area (Å²) in [6.45, 7) is 2.02. The van der Waals surface area contributed by atoms with Crippen molar-refractivity contribution in [3.05, 3.63) is 121 Å². The Hall–Kier alpha value is -4.30. The number of hydrogen-bond acceptors (Lipinski definition) is 1. The van der Waals surface area contributed by atoms with Crippen molar-refractivity contribution in [2.75, 3.05) is 0 Å². The molecule has 0 atom stereocenters. The van der Waals surface area contributed by atoms with Crippen LogP contribution in [-0.4, -0.2) is 4.98 Å². The smallest absolute Gasteiger partial charge is 0.244 e. The van der Waals surface area contributed by atoms with Gasteiger partial charge in [-0.05, 0) is 60.9 Å². The summed E-state index contributed by atoms with van der Waals surface area (Å²) >= 11 is 0. The number of benzene rings is 5. The van der Waals surface area contributed by atoms with Crippen LogP contribution in [0.25, 0.3) is 55.2 Å². The lowest BCUT2D eigenvalue weighted by Gasteiger charge is -2.18. The van der Waals surface area contributed by atoms with Crippen LogP contribution in [0.15, 0.2) is 115 Å². The molecule has 0 saturated heterocycles. The minimum Gasteiger partial charge on any atom is -0.244 e. The quantitative estimate of drug-likeness (QED) is 0.271. The van der Waals surface area contributed by atoms with E-state index in [-0.39, 0.29) is 0 Å². The van der Waals surface area contributed by atoms with E-state index in [1.165, 1.54) is 43.8 Å². The summed E-state index contributed by atoms with van der Waals surface area (Å²) in [7, 11) is 0. The third-order valence-electron chi connectivity index (χ3n) is 6.26. The Labute approximate surface area is 193 Å². The minimum atomic E-state index is 0.880. The predicted molar refractivity (Wildman–Crippen MR) is 137 cm³/mol. The first-order chi connectivity index (χ1) is 16.3. The molecule has 0 aliphatic rings. The van der Waals surface area contributed by atoms with Crippen molar-refractivity contribution >= 4 is 21.5 Å². The predicted octanol–water partition coefficient (Wildman–Crippen LogP) is 7.51. The van der Waals surface area contributed by atoms with Crippen LogP contribution in [0.5, 0.6) is 0 Å². The van der Waals surface area contributed by atoms with Gasteiger partial charge in [0, 0.05) is 13.0 Å². The molecule has 1 aromatic heterocycles. The molecule has 0 aliphatic heterocycles. The first-order valence-electron chi connectivity index (χ1n) is 11.2. The Bertz CT molecular complexity index is 1600. The highest BCUT2D eigenvalue weighted by Gasteiger charge is 2.18. The highest BCUT2D eigenvalue weighted by molar-refractivity contribution is 6.21. The molecular weight excluding hydrogens is 400 g/mol. The first-order valence-corrected chi connectivity index (χ1v) is 11.2. The zero-order valence-electron chi connectivity index (χ0n) is 18.4. The van der Waals surface area contributed by atoms with Gasteiger partial charge in [0.05, 0.1) is 11.8 Å². The molecule has 5 aromatic carbocycles. The number of rotatable bonds is 3. The monoisotopic (exact) mass is 423 g/mol. The summed E-state index contributed by atoms with van der Waals surface area (Å²) in [6.07, 6.45) is 1.95. The lowest BCUT2D eigenvalue weighted by molar-refractivity contribution is -0.369. The number of aromatic nitrogens is 2. The van der Waals surface area contributed by atoms with Gasteiger partial charge < -0.3 is 0 Å². The van der Waals surface area contributed by atoms with Gasteiger partial charge in [0.15, 0.2) is 5.69 Å². The largest absolute Gasteiger partial charge is 0.328 e. The van der Waals surface area contributed by atoms with Crippen molar-refractivity contribution in [3.8, 4) is 33.6 Å². The molecule has 33 heavy (non-hydrogen) atoms. The summed E-state index contributed by atoms with van der Waals surface area (Å²) in [5, 5.41) is 5.00. The molecular formula is C31H23N2+. The number of fused-ring (bicyclic) bond motifs is 2. The second kappa shape index (κ2) is 7.99. The summed E-state index contributed by atoms with van der Waals surface area (Å²) < 4.78 is 0. The highest BCUT2D eigenvalue weighted by atomic mass is 14.9. The number of H-pyrrole nitrogens is 1. The van der Waals surface area contributed by atoms with Gasteiger partial charge in [-0.15, -0.1) is 0 Å². The van der Waals surface area contributed by atoms with Crippen molar-refractivity contribution in [2.45, 2.75) is 6.92 Å². The fourth-order valence-electron chi connectivity index (χ4n) is 4.79. The molecule has 2 nitrogen and oxygen atoms in total. The molecule has 0 aliphatic carbocycles. The fourth-order valence-corrected chi connectivity index (χ4v) is 4.79. The second-order valence-electron chi connectivity index (χ2n) is 8.37. The van der Waals surface area contributed by atoms with Crippen molar-refractivity contribution in [2.24, 2.45) is 0 Å². The van der Waals surface area contributed by atoms with Gasteiger partial charge in [0.2, 0.25) is 0 Å². The van der Waals surface area contributed by atoms with Gasteiger partial charge in [-0.3, -0.25) is 0 Å². The van der Waals surface area contributed by atoms with Crippen LogP contribution in [-0.2, 0) is 0 Å². The second-order valence-corrected chi connectivity index (χ2v) is 8.37. The lowest BCUT2D eigenvalue weighted by atomic mass is 9.85. The molecule has 0 spiro atoms. The zero-order valence-corrected chi connectivity index (χ0v) is 18.4. The van der Waals surface area contributed by atoms with E-state index in [0.717, 1.165) is 17.1 Å². The summed E-state index contributed by atoms with van der Waals surface area (Å²) in [6, 6.07) is 38.9. The molecule has 0 unspecified atom stereocenters. The minimum absolute atomic E-state index is 0.880. The molecule has 2 heteroatoms. The molecule has 6 rings (SSSR count). The van der Waals surface area contributed by atoms with E-state index in [1.54, 1.807) is 0 Å². The van der Waals surface area contributed by atoms with E-state index in [9.17, 15) is 0 Å². The van der Waals surface area contributed by atoms with Crippen molar-refractivity contribution < 1.29 is 4.98 Å². The first kappa shape index (κ1) is 19.4. The maximum atomic E-state index is 4.74. The highest BCUT2D eigenvalue weighted by Crippen LogP contribution is 2.44. The van der Waals surface area contributed by atoms with Gasteiger partial charge in [-0.25, -0.2) is 4.98 Å². The van der Waals surface area contributed by atoms with Crippen LogP contribution in [0.3, 0.4) is 0 Å². The maximum Gasteiger partial charge on any atom is 0.328 e. The average molecular weight is 424 g/mol. The number of nitrogens with zero attached hydrogens (tertiary/aromatic N) is 1. The van der Waals surface area contributed by atoms with E-state index in [2.05, 4.69) is 108 Å². The zero-order chi connectivity index (χ0) is 22.2. The van der Waals surface area contributed by atoms with Crippen LogP contribution < -0.4 is 4.98 Å². The molecule has 0 fully saturated rings. The molecule has 6 aromatic rings. The number of aryl methyl sites for hydroxylation is 1. The summed E-state index contributed by atoms with van der Waals surface area (Å²) in [4.78, 5) is 8.06. The van der Waals surface area contributed by atoms with Crippen LogP contribution in [0, 0.1) is 6.92 Å². The maximum absolute atomic E-state index is 4.74. The third-order valence-corrected chi connectivity index (χ3v) is 6.26. The van der Waals surface area contributed by atoms with E-state index >= 15 is 0 Å². The van der Waals surface area contributed by atoms with Gasteiger partial charge >= 0.3 is 5.82 Å². The van der Waals surface area contributed by atoms with Gasteiger partial charge in [0.1, 0.15) is 0 Å². The van der Waals surface area contributed by atoms with Crippen LogP contribution in [0.1, 0.15) is 5.69 Å². The molecule has 0 bridgehead atoms. The summed E-state index contributed by atoms with van der Waals surface area (Å²) in [5.41, 5.74) is 7.06. The van der Waals surface area contributed by atoms with E-state index in [1.807, 2.05) is 19.2 Å². The van der Waals surface area contributed by atoms with E-state index < -0.39 is 0 Å². The SMILES string of the molecule is Cc1cc[nH+]c(-c2ccc3c(-c4ccccc4)c4ccccc4c(-c4ccccc4)c3c2)n1. The molecule has 0 radical (unpaired) electrons. The molecule has 1 N–H and O–H groups in total. The van der Waals surface area contributed by atoms with E-state index in [0.29, 0.717) is 0 Å². The van der Waals surface area contributed by atoms with Crippen molar-refractivity contribution in [1.82, 2.24) is 4.98 Å². The Kier molecular flexibility index (Phi) is 4.70. The van der Waals surface area contributed by atoms with Crippen molar-refractivity contribution in [1.29, 1.82) is 0 Å². The van der Waals surface area contributed by atoms with Crippen LogP contribution in [0.2, 0.25) is 0 Å². The molecule has 1 heterocycles. The Morgan fingerprint density at radius 1 is 0.515 bits per heavy atom. The fraction of sp³-hybridized carbons (Fsp3) is 0.0323. The Balaban J connectivity index is 1.79. The Morgan fingerprint density at radius 3 is 1.67 bits per heavy atom.